The molecule has 1 aromatic rings. The van der Waals surface area contributed by atoms with Crippen molar-refractivity contribution in [3.63, 3.8) is 0 Å². The largest absolute Gasteiger partial charge is 0.489 e. The fraction of sp³-hybridized carbons (Fsp3) is 0.412. The summed E-state index contributed by atoms with van der Waals surface area (Å²) in [6.45, 7) is 2.01. The second kappa shape index (κ2) is 6.01. The molecule has 7 heteroatoms. The van der Waals surface area contributed by atoms with Crippen LogP contribution in [-0.2, 0) is 14.2 Å². The molecule has 0 saturated carbocycles. The average molecular weight is 334 g/mol. The number of fused-ring (bicyclic) bond motifs is 3. The zero-order valence-electron chi connectivity index (χ0n) is 13.5. The van der Waals surface area contributed by atoms with Gasteiger partial charge in [0.2, 0.25) is 23.1 Å². The highest BCUT2D eigenvalue weighted by Gasteiger charge is 2.46. The first-order valence-electron chi connectivity index (χ1n) is 7.54. The van der Waals surface area contributed by atoms with Gasteiger partial charge < -0.3 is 24.4 Å². The van der Waals surface area contributed by atoms with Gasteiger partial charge in [-0.25, -0.2) is 0 Å². The highest BCUT2D eigenvalue weighted by atomic mass is 16.5. The van der Waals surface area contributed by atoms with Crippen LogP contribution in [-0.4, -0.2) is 48.7 Å². The van der Waals surface area contributed by atoms with Crippen molar-refractivity contribution in [1.29, 1.82) is 0 Å². The second-order valence-corrected chi connectivity index (χ2v) is 5.53. The van der Waals surface area contributed by atoms with E-state index in [2.05, 4.69) is 0 Å². The Bertz CT molecular complexity index is 750. The molecule has 0 radical (unpaired) electrons. The summed E-state index contributed by atoms with van der Waals surface area (Å²) in [4.78, 5) is 25.5. The van der Waals surface area contributed by atoms with Crippen LogP contribution in [0.25, 0.3) is 0 Å². The maximum atomic E-state index is 12.9. The van der Waals surface area contributed by atoms with E-state index in [4.69, 9.17) is 14.2 Å². The van der Waals surface area contributed by atoms with Crippen LogP contribution in [0.5, 0.6) is 0 Å². The van der Waals surface area contributed by atoms with Crippen molar-refractivity contribution >= 4 is 11.6 Å². The van der Waals surface area contributed by atoms with Gasteiger partial charge in [0.05, 0.1) is 14.2 Å². The molecule has 7 nitrogen and oxygen atoms in total. The lowest BCUT2D eigenvalue weighted by Crippen LogP contribution is -2.27. The Kier molecular flexibility index (Phi) is 4.16. The van der Waals surface area contributed by atoms with Crippen molar-refractivity contribution in [2.75, 3.05) is 20.8 Å². The van der Waals surface area contributed by atoms with Crippen LogP contribution in [0.4, 0.5) is 0 Å². The van der Waals surface area contributed by atoms with E-state index in [0.717, 1.165) is 0 Å². The molecule has 2 N–H and O–H groups in total. The fourth-order valence-electron chi connectivity index (χ4n) is 3.33. The summed E-state index contributed by atoms with van der Waals surface area (Å²) in [5.74, 6) is -1.39. The molecule has 3 atom stereocenters. The number of hydrogen-bond donors (Lipinski definition) is 2. The number of rotatable bonds is 4. The van der Waals surface area contributed by atoms with Crippen LogP contribution in [0.2, 0.25) is 0 Å². The fourth-order valence-corrected chi connectivity index (χ4v) is 3.33. The zero-order chi connectivity index (χ0) is 17.6. The number of ether oxygens (including phenoxy) is 3. The number of aliphatic hydroxyl groups is 2. The summed E-state index contributed by atoms with van der Waals surface area (Å²) in [5, 5.41) is 20.5. The van der Waals surface area contributed by atoms with E-state index in [1.54, 1.807) is 6.92 Å². The van der Waals surface area contributed by atoms with E-state index >= 15 is 0 Å². The molecule has 24 heavy (non-hydrogen) atoms. The third-order valence-corrected chi connectivity index (χ3v) is 4.36. The number of carbonyl (C=O) groups excluding carboxylic acids is 2. The van der Waals surface area contributed by atoms with Crippen LogP contribution in [0.1, 0.15) is 51.0 Å². The van der Waals surface area contributed by atoms with Crippen LogP contribution in [0, 0.1) is 0 Å². The molecular weight excluding hydrogens is 316 g/mol. The lowest BCUT2D eigenvalue weighted by Gasteiger charge is -2.23. The normalized spacial score (nSPS) is 25.6. The summed E-state index contributed by atoms with van der Waals surface area (Å²) in [5.41, 5.74) is 0.932. The Balaban J connectivity index is 2.27. The van der Waals surface area contributed by atoms with Crippen LogP contribution >= 0.6 is 0 Å². The number of Topliss-reactive ketones (excluding diaryl/α,β-unsaturated/α-hetero) is 2. The van der Waals surface area contributed by atoms with Crippen molar-refractivity contribution in [2.24, 2.45) is 0 Å². The number of hydrogen-bond acceptors (Lipinski definition) is 7. The van der Waals surface area contributed by atoms with Gasteiger partial charge in [-0.15, -0.1) is 0 Å². The second-order valence-electron chi connectivity index (χ2n) is 5.53. The first kappa shape index (κ1) is 16.6. The van der Waals surface area contributed by atoms with Crippen LogP contribution in [0.3, 0.4) is 0 Å². The van der Waals surface area contributed by atoms with E-state index in [0.29, 0.717) is 11.1 Å². The molecule has 2 aliphatic carbocycles. The Hall–Kier alpha value is -2.22. The van der Waals surface area contributed by atoms with Gasteiger partial charge in [-0.1, -0.05) is 6.07 Å². The minimum Gasteiger partial charge on any atom is -0.489 e. The monoisotopic (exact) mass is 334 g/mol. The van der Waals surface area contributed by atoms with Crippen molar-refractivity contribution in [3.05, 3.63) is 45.9 Å². The van der Waals surface area contributed by atoms with Crippen LogP contribution in [0.15, 0.2) is 23.7 Å². The number of methoxy groups -OCH3 is 2. The maximum Gasteiger partial charge on any atom is 0.232 e. The molecule has 3 rings (SSSR count). The Labute approximate surface area is 138 Å². The van der Waals surface area contributed by atoms with Crippen molar-refractivity contribution in [3.8, 4) is 0 Å². The lowest BCUT2D eigenvalue weighted by atomic mass is 9.86. The average Bonchev–Trinajstić information content (AvgIpc) is 2.82. The lowest BCUT2D eigenvalue weighted by molar-refractivity contribution is -0.0736. The number of ketones is 2. The van der Waals surface area contributed by atoms with E-state index in [-0.39, 0.29) is 29.3 Å². The number of aliphatic hydroxyl groups excluding tert-OH is 2. The smallest absolute Gasteiger partial charge is 0.232 e. The SMILES string of the molecule is CCOC1c2c(ccc3c2C(=O)C(OC)=C(OC)C3=O)C(O)C1O. The summed E-state index contributed by atoms with van der Waals surface area (Å²) in [7, 11) is 2.56. The minimum atomic E-state index is -1.21. The molecule has 0 amide bonds. The van der Waals surface area contributed by atoms with E-state index in [1.807, 2.05) is 0 Å². The Morgan fingerprint density at radius 1 is 1.04 bits per heavy atom. The number of benzene rings is 1. The van der Waals surface area contributed by atoms with Gasteiger partial charge in [0.15, 0.2) is 0 Å². The Morgan fingerprint density at radius 3 is 2.25 bits per heavy atom. The molecule has 2 aliphatic rings. The predicted molar refractivity (Wildman–Crippen MR) is 81.5 cm³/mol. The zero-order valence-corrected chi connectivity index (χ0v) is 13.5. The first-order valence-corrected chi connectivity index (χ1v) is 7.54. The molecule has 0 aliphatic heterocycles. The molecular formula is C17H18O7. The molecule has 0 heterocycles. The third kappa shape index (κ3) is 2.09. The quantitative estimate of drug-likeness (QED) is 0.848. The van der Waals surface area contributed by atoms with E-state index in [1.165, 1.54) is 26.4 Å². The van der Waals surface area contributed by atoms with Crippen molar-refractivity contribution in [2.45, 2.75) is 25.2 Å². The van der Waals surface area contributed by atoms with Crippen molar-refractivity contribution < 1.29 is 34.0 Å². The maximum absolute atomic E-state index is 12.9. The molecule has 0 fully saturated rings. The molecule has 0 spiro atoms. The summed E-state index contributed by atoms with van der Waals surface area (Å²) in [6, 6.07) is 2.97. The van der Waals surface area contributed by atoms with E-state index in [9.17, 15) is 19.8 Å². The topological polar surface area (TPSA) is 102 Å². The first-order chi connectivity index (χ1) is 11.5. The molecule has 128 valence electrons. The third-order valence-electron chi connectivity index (χ3n) is 4.36. The van der Waals surface area contributed by atoms with Crippen molar-refractivity contribution in [1.82, 2.24) is 0 Å². The van der Waals surface area contributed by atoms with Gasteiger partial charge in [-0.2, -0.15) is 0 Å². The number of allylic oxidation sites excluding steroid dienone is 2. The van der Waals surface area contributed by atoms with Gasteiger partial charge >= 0.3 is 0 Å². The highest BCUT2D eigenvalue weighted by molar-refractivity contribution is 6.26. The number of carbonyl (C=O) groups is 2. The highest BCUT2D eigenvalue weighted by Crippen LogP contribution is 2.46. The minimum absolute atomic E-state index is 0.0872. The molecule has 0 aromatic heterocycles. The predicted octanol–water partition coefficient (Wildman–Crippen LogP) is 1.06. The molecule has 0 saturated heterocycles. The van der Waals surface area contributed by atoms with Gasteiger partial charge in [-0.3, -0.25) is 9.59 Å². The van der Waals surface area contributed by atoms with Gasteiger partial charge in [0, 0.05) is 23.3 Å². The van der Waals surface area contributed by atoms with Gasteiger partial charge in [-0.05, 0) is 18.6 Å². The summed E-state index contributed by atoms with van der Waals surface area (Å²) < 4.78 is 15.6. The molecule has 1 aromatic carbocycles. The molecule has 3 unspecified atom stereocenters. The van der Waals surface area contributed by atoms with Gasteiger partial charge in [0.1, 0.15) is 18.3 Å². The Morgan fingerprint density at radius 2 is 1.67 bits per heavy atom. The van der Waals surface area contributed by atoms with Crippen LogP contribution < -0.4 is 0 Å². The molecule has 0 bridgehead atoms. The standard InChI is InChI=1S/C17H18O7/c1-4-24-15-10-8(11(18)14(15)21)6-5-7-9(10)13(20)17(23-3)16(22-2)12(7)19/h5-6,11,14-15,18,21H,4H2,1-3H3. The summed E-state index contributed by atoms with van der Waals surface area (Å²) >= 11 is 0. The summed E-state index contributed by atoms with van der Waals surface area (Å²) in [6.07, 6.45) is -3.30. The van der Waals surface area contributed by atoms with E-state index < -0.39 is 29.9 Å². The van der Waals surface area contributed by atoms with Gasteiger partial charge in [0.25, 0.3) is 0 Å².